The first-order valence-electron chi connectivity index (χ1n) is 7.39. The molecule has 5 heteroatoms. The van der Waals surface area contributed by atoms with E-state index in [-0.39, 0.29) is 18.4 Å². The Balaban J connectivity index is 1.91. The lowest BCUT2D eigenvalue weighted by Crippen LogP contribution is -2.37. The topological polar surface area (TPSA) is 49.4 Å². The highest BCUT2D eigenvalue weighted by Gasteiger charge is 2.13. The van der Waals surface area contributed by atoms with Gasteiger partial charge in [-0.25, -0.2) is 0 Å². The maximum absolute atomic E-state index is 12.1. The number of nitrogens with zero attached hydrogens (tertiary/aromatic N) is 1. The van der Waals surface area contributed by atoms with Gasteiger partial charge in [0, 0.05) is 24.2 Å². The van der Waals surface area contributed by atoms with Crippen molar-refractivity contribution in [3.8, 4) is 0 Å². The Hall–Kier alpha value is -2.33. The van der Waals surface area contributed by atoms with Crippen LogP contribution < -0.4 is 5.32 Å². The molecular weight excluding hydrogens is 312 g/mol. The first-order chi connectivity index (χ1) is 11.0. The summed E-state index contributed by atoms with van der Waals surface area (Å²) in [6, 6.07) is 16.8. The summed E-state index contributed by atoms with van der Waals surface area (Å²) in [4.78, 5) is 25.4. The number of rotatable bonds is 6. The molecule has 0 heterocycles. The molecule has 0 aliphatic rings. The van der Waals surface area contributed by atoms with Crippen LogP contribution in [0.15, 0.2) is 54.6 Å². The summed E-state index contributed by atoms with van der Waals surface area (Å²) in [5.41, 5.74) is 1.75. The van der Waals surface area contributed by atoms with Crippen molar-refractivity contribution in [2.45, 2.75) is 13.3 Å². The first-order valence-corrected chi connectivity index (χ1v) is 7.77. The predicted octanol–water partition coefficient (Wildman–Crippen LogP) is 3.37. The number of carbonyl (C=O) groups excluding carboxylic acids is 2. The average Bonchev–Trinajstić information content (AvgIpc) is 2.52. The number of benzene rings is 2. The van der Waals surface area contributed by atoms with Crippen LogP contribution in [0.3, 0.4) is 0 Å². The number of hydrogen-bond donors (Lipinski definition) is 1. The van der Waals surface area contributed by atoms with Crippen molar-refractivity contribution in [2.75, 3.05) is 18.4 Å². The quantitative estimate of drug-likeness (QED) is 0.882. The summed E-state index contributed by atoms with van der Waals surface area (Å²) >= 11 is 5.89. The fraction of sp³-hybridized carbons (Fsp3) is 0.222. The summed E-state index contributed by atoms with van der Waals surface area (Å²) < 4.78 is 0. The van der Waals surface area contributed by atoms with Crippen LogP contribution in [0.5, 0.6) is 0 Å². The van der Waals surface area contributed by atoms with Crippen molar-refractivity contribution in [2.24, 2.45) is 0 Å². The summed E-state index contributed by atoms with van der Waals surface area (Å²) in [7, 11) is 0. The molecule has 0 fully saturated rings. The molecule has 2 amide bonds. The molecule has 2 aromatic rings. The zero-order valence-electron chi connectivity index (χ0n) is 13.0. The molecule has 23 heavy (non-hydrogen) atoms. The maximum atomic E-state index is 12.1. The number of nitrogens with one attached hydrogen (secondary N) is 1. The van der Waals surface area contributed by atoms with Crippen molar-refractivity contribution in [3.63, 3.8) is 0 Å². The Bertz CT molecular complexity index is 674. The largest absolute Gasteiger partial charge is 0.333 e. The van der Waals surface area contributed by atoms with Gasteiger partial charge >= 0.3 is 0 Å². The summed E-state index contributed by atoms with van der Waals surface area (Å²) in [5.74, 6) is -0.363. The second kappa shape index (κ2) is 8.34. The summed E-state index contributed by atoms with van der Waals surface area (Å²) in [6.45, 7) is 1.99. The number of halogens is 1. The van der Waals surface area contributed by atoms with Crippen LogP contribution in [0.2, 0.25) is 5.02 Å². The summed E-state index contributed by atoms with van der Waals surface area (Å²) in [5, 5.41) is 3.30. The van der Waals surface area contributed by atoms with Gasteiger partial charge in [-0.15, -0.1) is 0 Å². The van der Waals surface area contributed by atoms with Gasteiger partial charge in [0.1, 0.15) is 0 Å². The molecule has 0 aliphatic carbocycles. The number of hydrogen-bond acceptors (Lipinski definition) is 2. The van der Waals surface area contributed by atoms with Gasteiger partial charge < -0.3 is 10.2 Å². The third kappa shape index (κ3) is 5.75. The van der Waals surface area contributed by atoms with Crippen LogP contribution in [-0.4, -0.2) is 29.8 Å². The van der Waals surface area contributed by atoms with Gasteiger partial charge in [-0.1, -0.05) is 48.0 Å². The number of amides is 2. The van der Waals surface area contributed by atoms with E-state index in [2.05, 4.69) is 5.32 Å². The third-order valence-corrected chi connectivity index (χ3v) is 3.64. The highest BCUT2D eigenvalue weighted by atomic mass is 35.5. The van der Waals surface area contributed by atoms with Crippen molar-refractivity contribution in [3.05, 3.63) is 65.2 Å². The molecule has 0 saturated heterocycles. The molecule has 0 saturated carbocycles. The molecular formula is C18H19ClN2O2. The molecule has 4 nitrogen and oxygen atoms in total. The van der Waals surface area contributed by atoms with Crippen molar-refractivity contribution < 1.29 is 9.59 Å². The predicted molar refractivity (Wildman–Crippen MR) is 92.5 cm³/mol. The molecule has 120 valence electrons. The van der Waals surface area contributed by atoms with Crippen molar-refractivity contribution in [1.82, 2.24) is 4.90 Å². The Morgan fingerprint density at radius 2 is 1.83 bits per heavy atom. The minimum atomic E-state index is -0.240. The van der Waals surface area contributed by atoms with E-state index in [9.17, 15) is 9.59 Å². The highest BCUT2D eigenvalue weighted by Crippen LogP contribution is 2.14. The van der Waals surface area contributed by atoms with Gasteiger partial charge in [-0.2, -0.15) is 0 Å². The first kappa shape index (κ1) is 17.0. The molecule has 2 aromatic carbocycles. The van der Waals surface area contributed by atoms with E-state index in [1.165, 1.54) is 11.8 Å². The van der Waals surface area contributed by atoms with Crippen molar-refractivity contribution >= 4 is 29.1 Å². The minimum absolute atomic E-state index is 0.0225. The molecule has 1 N–H and O–H groups in total. The van der Waals surface area contributed by atoms with E-state index in [1.54, 1.807) is 24.3 Å². The molecule has 2 rings (SSSR count). The van der Waals surface area contributed by atoms with Gasteiger partial charge in [-0.3, -0.25) is 9.59 Å². The second-order valence-electron chi connectivity index (χ2n) is 5.23. The van der Waals surface area contributed by atoms with Gasteiger partial charge in [-0.05, 0) is 30.2 Å². The Labute approximate surface area is 141 Å². The lowest BCUT2D eigenvalue weighted by atomic mass is 10.1. The molecule has 0 aromatic heterocycles. The Kier molecular flexibility index (Phi) is 6.18. The lowest BCUT2D eigenvalue weighted by Gasteiger charge is -2.20. The standard InChI is InChI=1S/C18H19ClN2O2/c1-14(22)21(11-10-15-6-3-2-4-7-15)13-18(23)20-17-9-5-8-16(19)12-17/h2-9,12H,10-11,13H2,1H3,(H,20,23). The highest BCUT2D eigenvalue weighted by molar-refractivity contribution is 6.30. The van der Waals surface area contributed by atoms with Crippen LogP contribution in [0.25, 0.3) is 0 Å². The second-order valence-corrected chi connectivity index (χ2v) is 5.67. The number of carbonyl (C=O) groups is 2. The smallest absolute Gasteiger partial charge is 0.243 e. The molecule has 0 radical (unpaired) electrons. The zero-order chi connectivity index (χ0) is 16.7. The van der Waals surface area contributed by atoms with E-state index in [1.807, 2.05) is 30.3 Å². The number of anilines is 1. The van der Waals surface area contributed by atoms with E-state index in [0.29, 0.717) is 23.7 Å². The van der Waals surface area contributed by atoms with Crippen LogP contribution in [0.4, 0.5) is 5.69 Å². The molecule has 0 atom stereocenters. The molecule has 0 unspecified atom stereocenters. The normalized spacial score (nSPS) is 10.2. The van der Waals surface area contributed by atoms with Crippen LogP contribution in [0.1, 0.15) is 12.5 Å². The van der Waals surface area contributed by atoms with Crippen LogP contribution >= 0.6 is 11.6 Å². The van der Waals surface area contributed by atoms with Gasteiger partial charge in [0.05, 0.1) is 6.54 Å². The van der Waals surface area contributed by atoms with Crippen molar-refractivity contribution in [1.29, 1.82) is 0 Å². The van der Waals surface area contributed by atoms with E-state index in [4.69, 9.17) is 11.6 Å². The third-order valence-electron chi connectivity index (χ3n) is 3.40. The average molecular weight is 331 g/mol. The Morgan fingerprint density at radius 1 is 1.09 bits per heavy atom. The van der Waals surface area contributed by atoms with Gasteiger partial charge in [0.2, 0.25) is 11.8 Å². The monoisotopic (exact) mass is 330 g/mol. The molecule has 0 bridgehead atoms. The minimum Gasteiger partial charge on any atom is -0.333 e. The SMILES string of the molecule is CC(=O)N(CCc1ccccc1)CC(=O)Nc1cccc(Cl)c1. The lowest BCUT2D eigenvalue weighted by molar-refractivity contribution is -0.132. The fourth-order valence-electron chi connectivity index (χ4n) is 2.20. The van der Waals surface area contributed by atoms with E-state index >= 15 is 0 Å². The van der Waals surface area contributed by atoms with Gasteiger partial charge in [0.15, 0.2) is 0 Å². The maximum Gasteiger partial charge on any atom is 0.243 e. The Morgan fingerprint density at radius 3 is 2.48 bits per heavy atom. The van der Waals surface area contributed by atoms with Gasteiger partial charge in [0.25, 0.3) is 0 Å². The van der Waals surface area contributed by atoms with Crippen LogP contribution in [0, 0.1) is 0 Å². The van der Waals surface area contributed by atoms with E-state index in [0.717, 1.165) is 5.56 Å². The molecule has 0 spiro atoms. The molecule has 0 aliphatic heterocycles. The zero-order valence-corrected chi connectivity index (χ0v) is 13.7. The van der Waals surface area contributed by atoms with E-state index < -0.39 is 0 Å². The summed E-state index contributed by atoms with van der Waals surface area (Å²) in [6.07, 6.45) is 0.713. The fourth-order valence-corrected chi connectivity index (χ4v) is 2.39. The van der Waals surface area contributed by atoms with Crippen LogP contribution in [-0.2, 0) is 16.0 Å².